The van der Waals surface area contributed by atoms with Crippen molar-refractivity contribution >= 4 is 21.9 Å². The summed E-state index contributed by atoms with van der Waals surface area (Å²) in [7, 11) is 3.04. The first-order valence-electron chi connectivity index (χ1n) is 5.31. The van der Waals surface area contributed by atoms with E-state index in [1.807, 2.05) is 0 Å². The Balaban J connectivity index is 3.49. The first-order chi connectivity index (χ1) is 8.47. The predicted octanol–water partition coefficient (Wildman–Crippen LogP) is 1.90. The van der Waals surface area contributed by atoms with Crippen LogP contribution in [0.3, 0.4) is 0 Å². The second kappa shape index (κ2) is 6.06. The summed E-state index contributed by atoms with van der Waals surface area (Å²) in [5.41, 5.74) is 6.80. The molecule has 0 heterocycles. The third-order valence-corrected chi connectivity index (χ3v) is 3.35. The molecule has 1 unspecified atom stereocenters. The second-order valence-corrected chi connectivity index (χ2v) is 4.62. The molecule has 5 nitrogen and oxygen atoms in total. The monoisotopic (exact) mass is 317 g/mol. The van der Waals surface area contributed by atoms with Crippen LogP contribution in [0.15, 0.2) is 10.5 Å². The minimum atomic E-state index is -0.979. The molecule has 0 radical (unpaired) electrons. The van der Waals surface area contributed by atoms with Crippen molar-refractivity contribution in [3.05, 3.63) is 21.7 Å². The average molecular weight is 318 g/mol. The van der Waals surface area contributed by atoms with Crippen molar-refractivity contribution in [1.82, 2.24) is 0 Å². The van der Waals surface area contributed by atoms with Crippen molar-refractivity contribution in [2.45, 2.75) is 12.8 Å². The summed E-state index contributed by atoms with van der Waals surface area (Å²) in [6.07, 6.45) is 0. The smallest absolute Gasteiger partial charge is 0.312 e. The molecule has 0 amide bonds. The third-order valence-electron chi connectivity index (χ3n) is 2.76. The Kier molecular flexibility index (Phi) is 4.98. The Labute approximate surface area is 114 Å². The Hall–Kier alpha value is -1.27. The van der Waals surface area contributed by atoms with E-state index in [2.05, 4.69) is 15.9 Å². The lowest BCUT2D eigenvalue weighted by atomic mass is 9.95. The van der Waals surface area contributed by atoms with Crippen LogP contribution in [-0.2, 0) is 4.79 Å². The quantitative estimate of drug-likeness (QED) is 0.866. The first kappa shape index (κ1) is 14.8. The highest BCUT2D eigenvalue weighted by molar-refractivity contribution is 9.10. The molecule has 0 saturated heterocycles. The standard InChI is InChI=1S/C12H16BrNO4/c1-6-10(17-2)7(8(5-14)12(15)16)4-9(13)11(6)18-3/h4,8H,5,14H2,1-3H3,(H,15,16). The van der Waals surface area contributed by atoms with Gasteiger partial charge < -0.3 is 20.3 Å². The van der Waals surface area contributed by atoms with E-state index >= 15 is 0 Å². The van der Waals surface area contributed by atoms with Gasteiger partial charge in [0.25, 0.3) is 0 Å². The van der Waals surface area contributed by atoms with Gasteiger partial charge in [-0.2, -0.15) is 0 Å². The summed E-state index contributed by atoms with van der Waals surface area (Å²) in [4.78, 5) is 11.2. The van der Waals surface area contributed by atoms with Gasteiger partial charge in [0.1, 0.15) is 11.5 Å². The zero-order valence-electron chi connectivity index (χ0n) is 10.5. The van der Waals surface area contributed by atoms with Crippen molar-refractivity contribution in [3.8, 4) is 11.5 Å². The molecule has 3 N–H and O–H groups in total. The normalized spacial score (nSPS) is 12.1. The van der Waals surface area contributed by atoms with Crippen LogP contribution in [0.5, 0.6) is 11.5 Å². The lowest BCUT2D eigenvalue weighted by molar-refractivity contribution is -0.138. The molecular formula is C12H16BrNO4. The number of aliphatic carboxylic acids is 1. The Morgan fingerprint density at radius 3 is 2.39 bits per heavy atom. The summed E-state index contributed by atoms with van der Waals surface area (Å²) in [5.74, 6) is -0.669. The highest BCUT2D eigenvalue weighted by atomic mass is 79.9. The van der Waals surface area contributed by atoms with Crippen LogP contribution < -0.4 is 15.2 Å². The largest absolute Gasteiger partial charge is 0.496 e. The molecule has 100 valence electrons. The van der Waals surface area contributed by atoms with Crippen LogP contribution >= 0.6 is 15.9 Å². The van der Waals surface area contributed by atoms with Gasteiger partial charge in [-0.15, -0.1) is 0 Å². The number of nitrogens with two attached hydrogens (primary N) is 1. The molecular weight excluding hydrogens is 302 g/mol. The summed E-state index contributed by atoms with van der Waals surface area (Å²) >= 11 is 3.35. The van der Waals surface area contributed by atoms with Crippen LogP contribution in [0.2, 0.25) is 0 Å². The van der Waals surface area contributed by atoms with Gasteiger partial charge in [0, 0.05) is 17.7 Å². The highest BCUT2D eigenvalue weighted by Crippen LogP contribution is 2.40. The number of halogens is 1. The topological polar surface area (TPSA) is 81.8 Å². The zero-order valence-corrected chi connectivity index (χ0v) is 12.1. The number of carbonyl (C=O) groups is 1. The van der Waals surface area contributed by atoms with Crippen molar-refractivity contribution < 1.29 is 19.4 Å². The number of rotatable bonds is 5. The van der Waals surface area contributed by atoms with E-state index in [1.165, 1.54) is 7.11 Å². The fourth-order valence-electron chi connectivity index (χ4n) is 1.91. The SMILES string of the molecule is COc1c(Br)cc(C(CN)C(=O)O)c(OC)c1C. The van der Waals surface area contributed by atoms with E-state index < -0.39 is 11.9 Å². The van der Waals surface area contributed by atoms with Gasteiger partial charge in [-0.05, 0) is 28.9 Å². The van der Waals surface area contributed by atoms with Gasteiger partial charge in [0.2, 0.25) is 0 Å². The number of methoxy groups -OCH3 is 2. The zero-order chi connectivity index (χ0) is 13.9. The molecule has 1 atom stereocenters. The average Bonchev–Trinajstić information content (AvgIpc) is 2.30. The van der Waals surface area contributed by atoms with Gasteiger partial charge in [-0.1, -0.05) is 0 Å². The molecule has 0 aliphatic heterocycles. The number of hydrogen-bond acceptors (Lipinski definition) is 4. The van der Waals surface area contributed by atoms with Crippen LogP contribution in [0, 0.1) is 6.92 Å². The third kappa shape index (κ3) is 2.59. The molecule has 1 rings (SSSR count). The first-order valence-corrected chi connectivity index (χ1v) is 6.11. The minimum absolute atomic E-state index is 0.00387. The van der Waals surface area contributed by atoms with E-state index in [0.29, 0.717) is 21.5 Å². The van der Waals surface area contributed by atoms with Crippen molar-refractivity contribution in [2.75, 3.05) is 20.8 Å². The van der Waals surface area contributed by atoms with Gasteiger partial charge in [-0.3, -0.25) is 4.79 Å². The summed E-state index contributed by atoms with van der Waals surface area (Å²) in [6.45, 7) is 1.81. The molecule has 1 aromatic rings. The summed E-state index contributed by atoms with van der Waals surface area (Å²) in [6, 6.07) is 1.68. The van der Waals surface area contributed by atoms with Crippen LogP contribution in [0.25, 0.3) is 0 Å². The van der Waals surface area contributed by atoms with Crippen molar-refractivity contribution in [3.63, 3.8) is 0 Å². The molecule has 0 aliphatic carbocycles. The Morgan fingerprint density at radius 2 is 2.00 bits per heavy atom. The van der Waals surface area contributed by atoms with Gasteiger partial charge in [0.05, 0.1) is 24.6 Å². The summed E-state index contributed by atoms with van der Waals surface area (Å²) in [5, 5.41) is 9.17. The number of carboxylic acids is 1. The molecule has 0 spiro atoms. The van der Waals surface area contributed by atoms with E-state index in [0.717, 1.165) is 5.56 Å². The fraction of sp³-hybridized carbons (Fsp3) is 0.417. The Bertz CT molecular complexity index is 462. The fourth-order valence-corrected chi connectivity index (χ4v) is 2.61. The number of carboxylic acid groups (broad SMARTS) is 1. The maximum absolute atomic E-state index is 11.2. The van der Waals surface area contributed by atoms with Crippen molar-refractivity contribution in [2.24, 2.45) is 5.73 Å². The molecule has 0 aromatic heterocycles. The Morgan fingerprint density at radius 1 is 1.44 bits per heavy atom. The number of benzene rings is 1. The summed E-state index contributed by atoms with van der Waals surface area (Å²) < 4.78 is 11.2. The van der Waals surface area contributed by atoms with Gasteiger partial charge >= 0.3 is 5.97 Å². The second-order valence-electron chi connectivity index (χ2n) is 3.77. The molecule has 0 saturated carbocycles. The van der Waals surface area contributed by atoms with Crippen LogP contribution in [-0.4, -0.2) is 31.8 Å². The molecule has 0 aliphatic rings. The van der Waals surface area contributed by atoms with E-state index in [-0.39, 0.29) is 6.54 Å². The lowest BCUT2D eigenvalue weighted by Gasteiger charge is -2.19. The molecule has 0 bridgehead atoms. The highest BCUT2D eigenvalue weighted by Gasteiger charge is 2.25. The molecule has 0 fully saturated rings. The lowest BCUT2D eigenvalue weighted by Crippen LogP contribution is -2.22. The molecule has 18 heavy (non-hydrogen) atoms. The van der Waals surface area contributed by atoms with Gasteiger partial charge in [0.15, 0.2) is 0 Å². The van der Waals surface area contributed by atoms with E-state index in [4.69, 9.17) is 15.2 Å². The number of ether oxygens (including phenoxy) is 2. The van der Waals surface area contributed by atoms with Crippen LogP contribution in [0.1, 0.15) is 17.0 Å². The van der Waals surface area contributed by atoms with E-state index in [1.54, 1.807) is 20.1 Å². The maximum Gasteiger partial charge on any atom is 0.312 e. The molecule has 1 aromatic carbocycles. The molecule has 6 heteroatoms. The minimum Gasteiger partial charge on any atom is -0.496 e. The van der Waals surface area contributed by atoms with Crippen LogP contribution in [0.4, 0.5) is 0 Å². The predicted molar refractivity (Wildman–Crippen MR) is 71.4 cm³/mol. The maximum atomic E-state index is 11.2. The van der Waals surface area contributed by atoms with E-state index in [9.17, 15) is 9.90 Å². The van der Waals surface area contributed by atoms with Crippen molar-refractivity contribution in [1.29, 1.82) is 0 Å². The number of hydrogen-bond donors (Lipinski definition) is 2. The van der Waals surface area contributed by atoms with Gasteiger partial charge in [-0.25, -0.2) is 0 Å².